The number of para-hydroxylation sites is 1. The van der Waals surface area contributed by atoms with Crippen LogP contribution in [-0.4, -0.2) is 42.2 Å². The summed E-state index contributed by atoms with van der Waals surface area (Å²) >= 11 is 0. The van der Waals surface area contributed by atoms with Crippen LogP contribution in [0.1, 0.15) is 27.7 Å². The first-order valence-electron chi connectivity index (χ1n) is 8.60. The molecule has 0 aliphatic carbocycles. The first-order valence-corrected chi connectivity index (χ1v) is 8.60. The number of H-pyrrole nitrogens is 1. The Hall–Kier alpha value is -2.92. The van der Waals surface area contributed by atoms with E-state index in [0.29, 0.717) is 17.8 Å². The van der Waals surface area contributed by atoms with Crippen molar-refractivity contribution >= 4 is 22.6 Å². The molecule has 2 aromatic carbocycles. The number of carbonyl (C=O) groups is 2. The van der Waals surface area contributed by atoms with E-state index < -0.39 is 11.7 Å². The Bertz CT molecular complexity index is 929. The average Bonchev–Trinajstić information content (AvgIpc) is 2.97. The van der Waals surface area contributed by atoms with Crippen LogP contribution in [0.15, 0.2) is 54.6 Å². The number of aryl methyl sites for hydroxylation is 1. The molecule has 134 valence electrons. The summed E-state index contributed by atoms with van der Waals surface area (Å²) in [5.74, 6) is -1.09. The molecular weight excluding hydrogens is 326 g/mol. The quantitative estimate of drug-likeness (QED) is 0.531. The third kappa shape index (κ3) is 3.53. The fourth-order valence-electron chi connectivity index (χ4n) is 3.23. The second-order valence-electron chi connectivity index (χ2n) is 6.60. The molecule has 1 atom stereocenters. The largest absolute Gasteiger partial charge is 0.358 e. The molecule has 2 N–H and O–H groups in total. The Morgan fingerprint density at radius 1 is 1.04 bits per heavy atom. The number of rotatable bonds is 6. The number of nitrogens with one attached hydrogen (secondary N) is 2. The standard InChI is InChI=1S/C21H23N3O2/c1-14-19(16-11-7-8-12-17(16)23-14)20(25)21(26)22-13-18(24(2)3)15-9-5-4-6-10-15/h4-12,18,23H,13H2,1-3H3,(H,22,26). The van der Waals surface area contributed by atoms with E-state index in [9.17, 15) is 9.59 Å². The van der Waals surface area contributed by atoms with Gasteiger partial charge in [0.15, 0.2) is 0 Å². The van der Waals surface area contributed by atoms with E-state index in [1.165, 1.54) is 0 Å². The van der Waals surface area contributed by atoms with E-state index >= 15 is 0 Å². The van der Waals surface area contributed by atoms with Gasteiger partial charge in [-0.25, -0.2) is 0 Å². The first kappa shape index (κ1) is 17.9. The van der Waals surface area contributed by atoms with Crippen molar-refractivity contribution in [1.82, 2.24) is 15.2 Å². The van der Waals surface area contributed by atoms with Gasteiger partial charge in [0.05, 0.1) is 11.6 Å². The number of ketones is 1. The van der Waals surface area contributed by atoms with Crippen LogP contribution >= 0.6 is 0 Å². The molecule has 1 heterocycles. The summed E-state index contributed by atoms with van der Waals surface area (Å²) in [6.45, 7) is 2.18. The fourth-order valence-corrected chi connectivity index (χ4v) is 3.23. The first-order chi connectivity index (χ1) is 12.5. The Morgan fingerprint density at radius 2 is 1.69 bits per heavy atom. The number of aromatic amines is 1. The van der Waals surface area contributed by atoms with E-state index in [0.717, 1.165) is 16.5 Å². The number of fused-ring (bicyclic) bond motifs is 1. The number of amides is 1. The van der Waals surface area contributed by atoms with Gasteiger partial charge < -0.3 is 15.2 Å². The fraction of sp³-hybridized carbons (Fsp3) is 0.238. The number of aromatic nitrogens is 1. The van der Waals surface area contributed by atoms with Crippen molar-refractivity contribution in [3.8, 4) is 0 Å². The minimum atomic E-state index is -0.583. The van der Waals surface area contributed by atoms with Crippen molar-refractivity contribution in [1.29, 1.82) is 0 Å². The maximum atomic E-state index is 12.7. The van der Waals surface area contributed by atoms with E-state index in [4.69, 9.17) is 0 Å². The molecule has 0 bridgehead atoms. The van der Waals surface area contributed by atoms with Crippen LogP contribution in [-0.2, 0) is 4.79 Å². The summed E-state index contributed by atoms with van der Waals surface area (Å²) in [5, 5.41) is 3.57. The Morgan fingerprint density at radius 3 is 2.38 bits per heavy atom. The summed E-state index contributed by atoms with van der Waals surface area (Å²) in [6.07, 6.45) is 0. The molecule has 0 spiro atoms. The molecule has 1 unspecified atom stereocenters. The second kappa shape index (κ2) is 7.54. The van der Waals surface area contributed by atoms with Crippen molar-refractivity contribution in [2.24, 2.45) is 0 Å². The molecule has 0 aliphatic rings. The number of hydrogen-bond acceptors (Lipinski definition) is 3. The molecule has 5 heteroatoms. The molecule has 26 heavy (non-hydrogen) atoms. The molecule has 3 aromatic rings. The molecule has 0 saturated heterocycles. The molecule has 1 aromatic heterocycles. The highest BCUT2D eigenvalue weighted by Crippen LogP contribution is 2.22. The lowest BCUT2D eigenvalue weighted by atomic mass is 10.0. The molecule has 0 aliphatic heterocycles. The summed E-state index contributed by atoms with van der Waals surface area (Å²) in [7, 11) is 3.91. The van der Waals surface area contributed by atoms with Crippen LogP contribution in [0.25, 0.3) is 10.9 Å². The van der Waals surface area contributed by atoms with Crippen molar-refractivity contribution < 1.29 is 9.59 Å². The third-order valence-electron chi connectivity index (χ3n) is 4.59. The lowest BCUT2D eigenvalue weighted by Crippen LogP contribution is -2.38. The smallest absolute Gasteiger partial charge is 0.292 e. The van der Waals surface area contributed by atoms with E-state index in [-0.39, 0.29) is 6.04 Å². The Balaban J connectivity index is 1.77. The van der Waals surface area contributed by atoms with E-state index in [1.807, 2.05) is 80.5 Å². The minimum Gasteiger partial charge on any atom is -0.358 e. The third-order valence-corrected chi connectivity index (χ3v) is 4.59. The van der Waals surface area contributed by atoms with Gasteiger partial charge in [0, 0.05) is 23.1 Å². The molecule has 0 fully saturated rings. The number of benzene rings is 2. The molecule has 1 amide bonds. The second-order valence-corrected chi connectivity index (χ2v) is 6.60. The van der Waals surface area contributed by atoms with Gasteiger partial charge in [-0.05, 0) is 32.6 Å². The topological polar surface area (TPSA) is 65.2 Å². The lowest BCUT2D eigenvalue weighted by molar-refractivity contribution is -0.117. The van der Waals surface area contributed by atoms with Crippen LogP contribution in [0.5, 0.6) is 0 Å². The molecular formula is C21H23N3O2. The van der Waals surface area contributed by atoms with Gasteiger partial charge in [-0.3, -0.25) is 9.59 Å². The summed E-state index contributed by atoms with van der Waals surface area (Å²) in [4.78, 5) is 30.4. The number of carbonyl (C=O) groups excluding carboxylic acids is 2. The summed E-state index contributed by atoms with van der Waals surface area (Å²) in [5.41, 5.74) is 3.10. The maximum absolute atomic E-state index is 12.7. The van der Waals surface area contributed by atoms with E-state index in [2.05, 4.69) is 10.3 Å². The zero-order valence-corrected chi connectivity index (χ0v) is 15.2. The van der Waals surface area contributed by atoms with E-state index in [1.54, 1.807) is 0 Å². The number of nitrogens with zero attached hydrogens (tertiary/aromatic N) is 1. The number of Topliss-reactive ketones (excluding diaryl/α,β-unsaturated/α-hetero) is 1. The van der Waals surface area contributed by atoms with Crippen LogP contribution in [0.2, 0.25) is 0 Å². The van der Waals surface area contributed by atoms with Crippen molar-refractivity contribution in [3.63, 3.8) is 0 Å². The SMILES string of the molecule is Cc1[nH]c2ccccc2c1C(=O)C(=O)NCC(c1ccccc1)N(C)C. The normalized spacial score (nSPS) is 12.3. The van der Waals surface area contributed by atoms with Gasteiger partial charge in [0.1, 0.15) is 0 Å². The average molecular weight is 349 g/mol. The molecule has 3 rings (SSSR count). The lowest BCUT2D eigenvalue weighted by Gasteiger charge is -2.25. The molecule has 5 nitrogen and oxygen atoms in total. The predicted molar refractivity (Wildman–Crippen MR) is 103 cm³/mol. The van der Waals surface area contributed by atoms with Crippen LogP contribution in [0, 0.1) is 6.92 Å². The molecule has 0 radical (unpaired) electrons. The Kier molecular flexibility index (Phi) is 5.19. The van der Waals surface area contributed by atoms with Gasteiger partial charge >= 0.3 is 0 Å². The van der Waals surface area contributed by atoms with Gasteiger partial charge in [-0.1, -0.05) is 48.5 Å². The highest BCUT2D eigenvalue weighted by Gasteiger charge is 2.24. The molecule has 0 saturated carbocycles. The van der Waals surface area contributed by atoms with Crippen molar-refractivity contribution in [2.75, 3.05) is 20.6 Å². The Labute approximate surface area is 153 Å². The monoisotopic (exact) mass is 349 g/mol. The zero-order chi connectivity index (χ0) is 18.7. The minimum absolute atomic E-state index is 0.00276. The number of hydrogen-bond donors (Lipinski definition) is 2. The van der Waals surface area contributed by atoms with Crippen molar-refractivity contribution in [2.45, 2.75) is 13.0 Å². The van der Waals surface area contributed by atoms with Gasteiger partial charge in [-0.15, -0.1) is 0 Å². The van der Waals surface area contributed by atoms with Gasteiger partial charge in [0.25, 0.3) is 11.7 Å². The van der Waals surface area contributed by atoms with Crippen molar-refractivity contribution in [3.05, 3.63) is 71.4 Å². The van der Waals surface area contributed by atoms with Crippen LogP contribution in [0.4, 0.5) is 0 Å². The number of likely N-dealkylation sites (N-methyl/N-ethyl adjacent to an activating group) is 1. The van der Waals surface area contributed by atoms with Gasteiger partial charge in [-0.2, -0.15) is 0 Å². The summed E-state index contributed by atoms with van der Waals surface area (Å²) in [6, 6.07) is 17.4. The highest BCUT2D eigenvalue weighted by molar-refractivity contribution is 6.45. The zero-order valence-electron chi connectivity index (χ0n) is 15.2. The van der Waals surface area contributed by atoms with Gasteiger partial charge in [0.2, 0.25) is 0 Å². The summed E-state index contributed by atoms with van der Waals surface area (Å²) < 4.78 is 0. The highest BCUT2D eigenvalue weighted by atomic mass is 16.2. The van der Waals surface area contributed by atoms with Crippen LogP contribution < -0.4 is 5.32 Å². The van der Waals surface area contributed by atoms with Crippen LogP contribution in [0.3, 0.4) is 0 Å². The maximum Gasteiger partial charge on any atom is 0.292 e. The predicted octanol–water partition coefficient (Wildman–Crippen LogP) is 3.08.